The SMILES string of the molecule is CC(C)(C)OC(=O)Nc1ccc(C(=O)C(F)F)c(Cl)c1. The summed E-state index contributed by atoms with van der Waals surface area (Å²) in [4.78, 5) is 22.6. The molecule has 1 amide bonds. The van der Waals surface area contributed by atoms with Crippen molar-refractivity contribution < 1.29 is 23.1 Å². The van der Waals surface area contributed by atoms with E-state index in [1.54, 1.807) is 20.8 Å². The molecular formula is C13H14ClF2NO3. The molecule has 0 fully saturated rings. The topological polar surface area (TPSA) is 55.4 Å². The molecule has 4 nitrogen and oxygen atoms in total. The van der Waals surface area contributed by atoms with Crippen LogP contribution in [0.15, 0.2) is 18.2 Å². The Morgan fingerprint density at radius 3 is 2.35 bits per heavy atom. The van der Waals surface area contributed by atoms with Gasteiger partial charge < -0.3 is 4.74 Å². The lowest BCUT2D eigenvalue weighted by atomic mass is 10.1. The second-order valence-corrected chi connectivity index (χ2v) is 5.39. The summed E-state index contributed by atoms with van der Waals surface area (Å²) in [5.74, 6) is -1.36. The van der Waals surface area contributed by atoms with Crippen LogP contribution in [0.5, 0.6) is 0 Å². The van der Waals surface area contributed by atoms with Gasteiger partial charge >= 0.3 is 12.5 Å². The van der Waals surface area contributed by atoms with Gasteiger partial charge in [-0.1, -0.05) is 11.6 Å². The molecule has 1 aromatic carbocycles. The molecule has 0 spiro atoms. The van der Waals surface area contributed by atoms with Crippen LogP contribution in [0.3, 0.4) is 0 Å². The van der Waals surface area contributed by atoms with Crippen molar-refractivity contribution in [2.45, 2.75) is 32.8 Å². The number of amides is 1. The van der Waals surface area contributed by atoms with Gasteiger partial charge in [0.05, 0.1) is 5.02 Å². The fourth-order valence-corrected chi connectivity index (χ4v) is 1.61. The second kappa shape index (κ2) is 6.17. The van der Waals surface area contributed by atoms with Gasteiger partial charge in [-0.05, 0) is 39.0 Å². The van der Waals surface area contributed by atoms with E-state index in [0.29, 0.717) is 0 Å². The highest BCUT2D eigenvalue weighted by Gasteiger charge is 2.21. The fourth-order valence-electron chi connectivity index (χ4n) is 1.33. The summed E-state index contributed by atoms with van der Waals surface area (Å²) in [5.41, 5.74) is -0.717. The van der Waals surface area contributed by atoms with Crippen LogP contribution in [-0.4, -0.2) is 23.9 Å². The molecule has 0 radical (unpaired) electrons. The lowest BCUT2D eigenvalue weighted by Gasteiger charge is -2.19. The van der Waals surface area contributed by atoms with Crippen LogP contribution in [-0.2, 0) is 4.74 Å². The summed E-state index contributed by atoms with van der Waals surface area (Å²) >= 11 is 5.74. The number of anilines is 1. The van der Waals surface area contributed by atoms with Crippen molar-refractivity contribution in [3.05, 3.63) is 28.8 Å². The molecule has 0 heterocycles. The Morgan fingerprint density at radius 1 is 1.30 bits per heavy atom. The number of benzene rings is 1. The zero-order chi connectivity index (χ0) is 15.5. The molecular weight excluding hydrogens is 292 g/mol. The highest BCUT2D eigenvalue weighted by Crippen LogP contribution is 2.23. The molecule has 110 valence electrons. The van der Waals surface area contributed by atoms with Gasteiger partial charge in [0.15, 0.2) is 0 Å². The van der Waals surface area contributed by atoms with Crippen molar-refractivity contribution in [1.29, 1.82) is 0 Å². The average molecular weight is 306 g/mol. The number of alkyl halides is 2. The number of ether oxygens (including phenoxy) is 1. The third-order valence-corrected chi connectivity index (χ3v) is 2.39. The quantitative estimate of drug-likeness (QED) is 0.854. The Hall–Kier alpha value is -1.69. The molecule has 0 unspecified atom stereocenters. The number of halogens is 3. The molecule has 1 N–H and O–H groups in total. The number of carbonyl (C=O) groups excluding carboxylic acids is 2. The Labute approximate surface area is 120 Å². The Morgan fingerprint density at radius 2 is 1.90 bits per heavy atom. The van der Waals surface area contributed by atoms with Crippen molar-refractivity contribution in [3.63, 3.8) is 0 Å². The molecule has 0 aromatic heterocycles. The van der Waals surface area contributed by atoms with Gasteiger partial charge in [0.2, 0.25) is 5.78 Å². The van der Waals surface area contributed by atoms with Crippen molar-refractivity contribution in [2.75, 3.05) is 5.32 Å². The van der Waals surface area contributed by atoms with E-state index >= 15 is 0 Å². The summed E-state index contributed by atoms with van der Waals surface area (Å²) in [5, 5.41) is 2.23. The largest absolute Gasteiger partial charge is 0.444 e. The second-order valence-electron chi connectivity index (χ2n) is 4.99. The third-order valence-electron chi connectivity index (χ3n) is 2.08. The first-order valence-electron chi connectivity index (χ1n) is 5.72. The number of hydrogen-bond acceptors (Lipinski definition) is 3. The van der Waals surface area contributed by atoms with Crippen molar-refractivity contribution in [1.82, 2.24) is 0 Å². The average Bonchev–Trinajstić information content (AvgIpc) is 2.25. The van der Waals surface area contributed by atoms with E-state index in [1.807, 2.05) is 0 Å². The molecule has 0 atom stereocenters. The minimum atomic E-state index is -3.13. The third kappa shape index (κ3) is 4.77. The van der Waals surface area contributed by atoms with E-state index < -0.39 is 23.9 Å². The molecule has 1 rings (SSSR count). The van der Waals surface area contributed by atoms with Gasteiger partial charge in [-0.25, -0.2) is 13.6 Å². The highest BCUT2D eigenvalue weighted by molar-refractivity contribution is 6.34. The molecule has 0 saturated heterocycles. The lowest BCUT2D eigenvalue weighted by Crippen LogP contribution is -2.27. The predicted octanol–water partition coefficient (Wildman–Crippen LogP) is 4.13. The highest BCUT2D eigenvalue weighted by atomic mass is 35.5. The first kappa shape index (κ1) is 16.4. The molecule has 0 bridgehead atoms. The van der Waals surface area contributed by atoms with Gasteiger partial charge in [-0.15, -0.1) is 0 Å². The number of carbonyl (C=O) groups is 2. The fraction of sp³-hybridized carbons (Fsp3) is 0.385. The molecule has 7 heteroatoms. The zero-order valence-corrected chi connectivity index (χ0v) is 11.9. The summed E-state index contributed by atoms with van der Waals surface area (Å²) in [6.45, 7) is 5.10. The first-order chi connectivity index (χ1) is 9.10. The smallest absolute Gasteiger partial charge is 0.412 e. The zero-order valence-electron chi connectivity index (χ0n) is 11.2. The van der Waals surface area contributed by atoms with Gasteiger partial charge in [-0.3, -0.25) is 10.1 Å². The van der Waals surface area contributed by atoms with Crippen molar-refractivity contribution >= 4 is 29.2 Å². The van der Waals surface area contributed by atoms with Gasteiger partial charge in [0, 0.05) is 11.3 Å². The van der Waals surface area contributed by atoms with Crippen LogP contribution in [0.4, 0.5) is 19.3 Å². The first-order valence-corrected chi connectivity index (χ1v) is 6.10. The van der Waals surface area contributed by atoms with Crippen LogP contribution in [0.2, 0.25) is 5.02 Å². The number of rotatable bonds is 3. The van der Waals surface area contributed by atoms with Gasteiger partial charge in [-0.2, -0.15) is 0 Å². The van der Waals surface area contributed by atoms with E-state index in [1.165, 1.54) is 12.1 Å². The maximum absolute atomic E-state index is 12.3. The minimum absolute atomic E-state index is 0.163. The van der Waals surface area contributed by atoms with Crippen LogP contribution >= 0.6 is 11.6 Å². The van der Waals surface area contributed by atoms with E-state index in [2.05, 4.69) is 5.32 Å². The summed E-state index contributed by atoms with van der Waals surface area (Å²) in [6.07, 6.45) is -3.83. The van der Waals surface area contributed by atoms with Crippen LogP contribution in [0.1, 0.15) is 31.1 Å². The van der Waals surface area contributed by atoms with E-state index in [9.17, 15) is 18.4 Å². The Kier molecular flexibility index (Phi) is 5.05. The summed E-state index contributed by atoms with van der Waals surface area (Å²) in [6, 6.07) is 3.63. The number of Topliss-reactive ketones (excluding diaryl/α,β-unsaturated/α-hetero) is 1. The molecule has 0 aliphatic rings. The van der Waals surface area contributed by atoms with Crippen LogP contribution < -0.4 is 5.32 Å². The van der Waals surface area contributed by atoms with E-state index in [0.717, 1.165) is 6.07 Å². The van der Waals surface area contributed by atoms with Gasteiger partial charge in [0.1, 0.15) is 5.60 Å². The van der Waals surface area contributed by atoms with Crippen molar-refractivity contribution in [2.24, 2.45) is 0 Å². The van der Waals surface area contributed by atoms with Gasteiger partial charge in [0.25, 0.3) is 0 Å². The minimum Gasteiger partial charge on any atom is -0.444 e. The lowest BCUT2D eigenvalue weighted by molar-refractivity contribution is 0.0635. The van der Waals surface area contributed by atoms with Crippen molar-refractivity contribution in [3.8, 4) is 0 Å². The Balaban J connectivity index is 2.83. The van der Waals surface area contributed by atoms with E-state index in [4.69, 9.17) is 16.3 Å². The molecule has 0 aliphatic carbocycles. The predicted molar refractivity (Wildman–Crippen MR) is 71.6 cm³/mol. The normalized spacial score (nSPS) is 11.3. The van der Waals surface area contributed by atoms with Crippen LogP contribution in [0, 0.1) is 0 Å². The molecule has 1 aromatic rings. The molecule has 0 aliphatic heterocycles. The number of ketones is 1. The summed E-state index contributed by atoms with van der Waals surface area (Å²) < 4.78 is 29.6. The number of nitrogens with one attached hydrogen (secondary N) is 1. The standard InChI is InChI=1S/C13H14ClF2NO3/c1-13(2,3)20-12(19)17-7-4-5-8(9(14)6-7)10(18)11(15)16/h4-6,11H,1-3H3,(H,17,19). The monoisotopic (exact) mass is 305 g/mol. The maximum Gasteiger partial charge on any atom is 0.412 e. The molecule has 0 saturated carbocycles. The van der Waals surface area contributed by atoms with Crippen LogP contribution in [0.25, 0.3) is 0 Å². The summed E-state index contributed by atoms with van der Waals surface area (Å²) in [7, 11) is 0. The number of hydrogen-bond donors (Lipinski definition) is 1. The van der Waals surface area contributed by atoms with E-state index in [-0.39, 0.29) is 16.3 Å². The maximum atomic E-state index is 12.3. The molecule has 20 heavy (non-hydrogen) atoms. The Bertz CT molecular complexity index is 527.